The third kappa shape index (κ3) is 1.12. The summed E-state index contributed by atoms with van der Waals surface area (Å²) in [7, 11) is 0. The molecular formula is C9H13NO3. The van der Waals surface area contributed by atoms with Crippen molar-refractivity contribution in [3.05, 3.63) is 0 Å². The van der Waals surface area contributed by atoms with Crippen LogP contribution in [-0.4, -0.2) is 23.5 Å². The summed E-state index contributed by atoms with van der Waals surface area (Å²) >= 11 is 0. The minimum atomic E-state index is -0.838. The van der Waals surface area contributed by atoms with Crippen LogP contribution in [0.15, 0.2) is 0 Å². The number of alkyl carbamates (subject to hydrolysis) is 1. The van der Waals surface area contributed by atoms with E-state index >= 15 is 0 Å². The first-order chi connectivity index (χ1) is 6.15. The van der Waals surface area contributed by atoms with Crippen molar-refractivity contribution in [2.75, 3.05) is 0 Å². The normalized spacial score (nSPS) is 37.6. The Morgan fingerprint density at radius 1 is 1.62 bits per heavy atom. The molecular weight excluding hydrogens is 170 g/mol. The second-order valence-corrected chi connectivity index (χ2v) is 3.78. The maximum absolute atomic E-state index is 11.4. The van der Waals surface area contributed by atoms with Crippen LogP contribution < -0.4 is 5.32 Å². The second-order valence-electron chi connectivity index (χ2n) is 3.78. The summed E-state index contributed by atoms with van der Waals surface area (Å²) in [5.74, 6) is -0.0319. The van der Waals surface area contributed by atoms with Crippen molar-refractivity contribution in [3.63, 3.8) is 0 Å². The topological polar surface area (TPSA) is 55.4 Å². The van der Waals surface area contributed by atoms with Crippen LogP contribution >= 0.6 is 0 Å². The Labute approximate surface area is 76.6 Å². The number of hydrogen-bond acceptors (Lipinski definition) is 3. The van der Waals surface area contributed by atoms with Crippen molar-refractivity contribution in [3.8, 4) is 0 Å². The van der Waals surface area contributed by atoms with E-state index in [1.807, 2.05) is 0 Å². The van der Waals surface area contributed by atoms with E-state index < -0.39 is 11.7 Å². The van der Waals surface area contributed by atoms with E-state index in [1.165, 1.54) is 6.92 Å². The van der Waals surface area contributed by atoms with Crippen molar-refractivity contribution < 1.29 is 14.3 Å². The van der Waals surface area contributed by atoms with Crippen molar-refractivity contribution in [2.45, 2.75) is 44.2 Å². The Hall–Kier alpha value is -1.06. The number of carbonyl (C=O) groups is 2. The smallest absolute Gasteiger partial charge is 0.408 e. The number of fused-ring (bicyclic) bond motifs is 1. The van der Waals surface area contributed by atoms with Gasteiger partial charge >= 0.3 is 6.09 Å². The molecule has 0 aromatic heterocycles. The van der Waals surface area contributed by atoms with Gasteiger partial charge in [0.05, 0.1) is 6.04 Å². The van der Waals surface area contributed by atoms with Gasteiger partial charge in [0.1, 0.15) is 0 Å². The molecule has 0 spiro atoms. The van der Waals surface area contributed by atoms with E-state index in [2.05, 4.69) is 5.32 Å². The van der Waals surface area contributed by atoms with Crippen LogP contribution in [0.3, 0.4) is 0 Å². The average Bonchev–Trinajstić information content (AvgIpc) is 2.41. The van der Waals surface area contributed by atoms with Crippen LogP contribution in [0.5, 0.6) is 0 Å². The summed E-state index contributed by atoms with van der Waals surface area (Å²) in [6.07, 6.45) is 3.10. The van der Waals surface area contributed by atoms with Gasteiger partial charge in [0.25, 0.3) is 0 Å². The molecule has 13 heavy (non-hydrogen) atoms. The highest BCUT2D eigenvalue weighted by Crippen LogP contribution is 2.36. The summed E-state index contributed by atoms with van der Waals surface area (Å²) in [6, 6.07) is -0.0914. The number of rotatable bonds is 1. The molecule has 4 heteroatoms. The number of ether oxygens (including phenoxy) is 1. The zero-order chi connectivity index (χ0) is 9.47. The van der Waals surface area contributed by atoms with Gasteiger partial charge in [0, 0.05) is 0 Å². The van der Waals surface area contributed by atoms with Gasteiger partial charge in [-0.2, -0.15) is 0 Å². The number of nitrogens with one attached hydrogen (secondary N) is 1. The molecule has 0 unspecified atom stereocenters. The number of carbonyl (C=O) groups excluding carboxylic acids is 2. The molecule has 2 rings (SSSR count). The third-order valence-corrected chi connectivity index (χ3v) is 3.02. The predicted octanol–water partition coefficient (Wildman–Crippen LogP) is 0.997. The SMILES string of the molecule is CC(=O)[C@@]12CCCC[C@H]1NC(=O)O2. The van der Waals surface area contributed by atoms with E-state index in [9.17, 15) is 9.59 Å². The number of amides is 1. The molecule has 0 aromatic rings. The molecule has 4 nitrogen and oxygen atoms in total. The fraction of sp³-hybridized carbons (Fsp3) is 0.778. The van der Waals surface area contributed by atoms with Crippen LogP contribution in [0, 0.1) is 0 Å². The van der Waals surface area contributed by atoms with Gasteiger partial charge in [-0.15, -0.1) is 0 Å². The molecule has 1 aliphatic carbocycles. The number of Topliss-reactive ketones (excluding diaryl/α,β-unsaturated/α-hetero) is 1. The van der Waals surface area contributed by atoms with Crippen LogP contribution in [0.2, 0.25) is 0 Å². The highest BCUT2D eigenvalue weighted by molar-refractivity contribution is 5.91. The van der Waals surface area contributed by atoms with E-state index in [-0.39, 0.29) is 11.8 Å². The maximum atomic E-state index is 11.4. The Bertz CT molecular complexity index is 264. The second kappa shape index (κ2) is 2.72. The zero-order valence-electron chi connectivity index (χ0n) is 7.63. The molecule has 1 heterocycles. The summed E-state index contributed by atoms with van der Waals surface area (Å²) in [4.78, 5) is 22.5. The molecule has 2 atom stereocenters. The first kappa shape index (κ1) is 8.53. The summed E-state index contributed by atoms with van der Waals surface area (Å²) in [6.45, 7) is 1.50. The minimum absolute atomic E-state index is 0.0319. The van der Waals surface area contributed by atoms with Gasteiger partial charge in [-0.05, 0) is 26.2 Å². The lowest BCUT2D eigenvalue weighted by molar-refractivity contribution is -0.136. The van der Waals surface area contributed by atoms with Crippen molar-refractivity contribution in [1.82, 2.24) is 5.32 Å². The van der Waals surface area contributed by atoms with E-state index in [0.29, 0.717) is 6.42 Å². The number of ketones is 1. The molecule has 1 N–H and O–H groups in total. The monoisotopic (exact) mass is 183 g/mol. The third-order valence-electron chi connectivity index (χ3n) is 3.02. The lowest BCUT2D eigenvalue weighted by Crippen LogP contribution is -2.51. The van der Waals surface area contributed by atoms with Crippen LogP contribution in [0.25, 0.3) is 0 Å². The Morgan fingerprint density at radius 3 is 3.00 bits per heavy atom. The maximum Gasteiger partial charge on any atom is 0.408 e. The first-order valence-electron chi connectivity index (χ1n) is 4.66. The fourth-order valence-electron chi connectivity index (χ4n) is 2.28. The van der Waals surface area contributed by atoms with Crippen molar-refractivity contribution in [1.29, 1.82) is 0 Å². The quantitative estimate of drug-likeness (QED) is 0.659. The zero-order valence-corrected chi connectivity index (χ0v) is 7.63. The Morgan fingerprint density at radius 2 is 2.38 bits per heavy atom. The van der Waals surface area contributed by atoms with Crippen LogP contribution in [0.1, 0.15) is 32.6 Å². The highest BCUT2D eigenvalue weighted by Gasteiger charge is 2.53. The molecule has 0 bridgehead atoms. The summed E-state index contributed by atoms with van der Waals surface area (Å²) < 4.78 is 5.11. The van der Waals surface area contributed by atoms with Crippen LogP contribution in [0.4, 0.5) is 4.79 Å². The Balaban J connectivity index is 2.29. The van der Waals surface area contributed by atoms with E-state index in [4.69, 9.17) is 4.74 Å². The summed E-state index contributed by atoms with van der Waals surface area (Å²) in [5, 5.41) is 2.70. The first-order valence-corrected chi connectivity index (χ1v) is 4.66. The van der Waals surface area contributed by atoms with Gasteiger partial charge in [-0.3, -0.25) is 4.79 Å². The highest BCUT2D eigenvalue weighted by atomic mass is 16.6. The molecule has 1 saturated heterocycles. The lowest BCUT2D eigenvalue weighted by Gasteiger charge is -2.33. The Kier molecular flexibility index (Phi) is 1.78. The van der Waals surface area contributed by atoms with Gasteiger partial charge in [0.15, 0.2) is 11.4 Å². The largest absolute Gasteiger partial charge is 0.433 e. The molecule has 72 valence electrons. The van der Waals surface area contributed by atoms with Gasteiger partial charge < -0.3 is 10.1 Å². The molecule has 2 aliphatic rings. The van der Waals surface area contributed by atoms with E-state index in [1.54, 1.807) is 0 Å². The molecule has 0 radical (unpaired) electrons. The van der Waals surface area contributed by atoms with Gasteiger partial charge in [-0.1, -0.05) is 6.42 Å². The van der Waals surface area contributed by atoms with Gasteiger partial charge in [-0.25, -0.2) is 4.79 Å². The molecule has 0 aromatic carbocycles. The van der Waals surface area contributed by atoms with Gasteiger partial charge in [0.2, 0.25) is 0 Å². The number of hydrogen-bond donors (Lipinski definition) is 1. The van der Waals surface area contributed by atoms with Crippen molar-refractivity contribution >= 4 is 11.9 Å². The molecule has 1 aliphatic heterocycles. The average molecular weight is 183 g/mol. The van der Waals surface area contributed by atoms with Crippen molar-refractivity contribution in [2.24, 2.45) is 0 Å². The van der Waals surface area contributed by atoms with Crippen LogP contribution in [-0.2, 0) is 9.53 Å². The summed E-state index contributed by atoms with van der Waals surface area (Å²) in [5.41, 5.74) is -0.838. The molecule has 1 amide bonds. The fourth-order valence-corrected chi connectivity index (χ4v) is 2.28. The minimum Gasteiger partial charge on any atom is -0.433 e. The van der Waals surface area contributed by atoms with E-state index in [0.717, 1.165) is 19.3 Å². The standard InChI is InChI=1S/C9H13NO3/c1-6(11)9-5-3-2-4-7(9)10-8(12)13-9/h7H,2-5H2,1H3,(H,10,12)/t7-,9+/m1/s1. The molecule has 2 fully saturated rings. The predicted molar refractivity (Wildman–Crippen MR) is 45.3 cm³/mol. The lowest BCUT2D eigenvalue weighted by atomic mass is 9.78. The molecule has 1 saturated carbocycles.